The molecule has 5 nitrogen and oxygen atoms in total. The van der Waals surface area contributed by atoms with Crippen LogP contribution in [0.3, 0.4) is 0 Å². The SMILES string of the molecule is CC(N)CC(=O)N1CCCN(CC2CCCO2)CC1. The molecule has 2 aliphatic rings. The van der Waals surface area contributed by atoms with E-state index in [9.17, 15) is 4.79 Å². The molecular formula is C14H27N3O2. The molecule has 0 bridgehead atoms. The Morgan fingerprint density at radius 3 is 2.84 bits per heavy atom. The largest absolute Gasteiger partial charge is 0.377 e. The molecule has 2 rings (SSSR count). The topological polar surface area (TPSA) is 58.8 Å². The summed E-state index contributed by atoms with van der Waals surface area (Å²) in [5, 5.41) is 0. The molecule has 0 spiro atoms. The highest BCUT2D eigenvalue weighted by atomic mass is 16.5. The number of nitrogens with zero attached hydrogens (tertiary/aromatic N) is 2. The molecule has 2 saturated heterocycles. The van der Waals surface area contributed by atoms with Gasteiger partial charge in [0.2, 0.25) is 5.91 Å². The lowest BCUT2D eigenvalue weighted by Gasteiger charge is -2.24. The van der Waals surface area contributed by atoms with E-state index < -0.39 is 0 Å². The van der Waals surface area contributed by atoms with Crippen molar-refractivity contribution in [3.63, 3.8) is 0 Å². The number of amides is 1. The first-order chi connectivity index (χ1) is 9.15. The molecule has 2 N–H and O–H groups in total. The normalized spacial score (nSPS) is 27.3. The highest BCUT2D eigenvalue weighted by Gasteiger charge is 2.23. The van der Waals surface area contributed by atoms with Gasteiger partial charge in [-0.05, 0) is 32.7 Å². The lowest BCUT2D eigenvalue weighted by Crippen LogP contribution is -2.39. The number of carbonyl (C=O) groups excluding carboxylic acids is 1. The average Bonchev–Trinajstić information content (AvgIpc) is 2.73. The van der Waals surface area contributed by atoms with E-state index in [0.29, 0.717) is 12.5 Å². The van der Waals surface area contributed by atoms with Gasteiger partial charge in [0.05, 0.1) is 6.10 Å². The minimum atomic E-state index is -0.0428. The Labute approximate surface area is 116 Å². The molecule has 2 heterocycles. The van der Waals surface area contributed by atoms with Crippen molar-refractivity contribution in [1.82, 2.24) is 9.80 Å². The molecule has 0 aliphatic carbocycles. The van der Waals surface area contributed by atoms with Gasteiger partial charge in [0, 0.05) is 45.2 Å². The Hall–Kier alpha value is -0.650. The first-order valence-electron chi connectivity index (χ1n) is 7.52. The van der Waals surface area contributed by atoms with Crippen LogP contribution in [0, 0.1) is 0 Å². The van der Waals surface area contributed by atoms with Crippen molar-refractivity contribution in [1.29, 1.82) is 0 Å². The maximum absolute atomic E-state index is 12.0. The van der Waals surface area contributed by atoms with Crippen LogP contribution >= 0.6 is 0 Å². The Morgan fingerprint density at radius 1 is 1.32 bits per heavy atom. The zero-order chi connectivity index (χ0) is 13.7. The van der Waals surface area contributed by atoms with E-state index in [2.05, 4.69) is 4.90 Å². The smallest absolute Gasteiger partial charge is 0.224 e. The van der Waals surface area contributed by atoms with Crippen molar-refractivity contribution in [3.05, 3.63) is 0 Å². The first kappa shape index (κ1) is 14.8. The lowest BCUT2D eigenvalue weighted by atomic mass is 10.2. The molecule has 19 heavy (non-hydrogen) atoms. The van der Waals surface area contributed by atoms with E-state index in [4.69, 9.17) is 10.5 Å². The van der Waals surface area contributed by atoms with E-state index in [1.54, 1.807) is 0 Å². The van der Waals surface area contributed by atoms with Crippen LogP contribution in [-0.4, -0.2) is 67.2 Å². The quantitative estimate of drug-likeness (QED) is 0.804. The molecule has 2 aliphatic heterocycles. The summed E-state index contributed by atoms with van der Waals surface area (Å²) >= 11 is 0. The van der Waals surface area contributed by atoms with Crippen LogP contribution in [0.25, 0.3) is 0 Å². The van der Waals surface area contributed by atoms with Crippen LogP contribution < -0.4 is 5.73 Å². The lowest BCUT2D eigenvalue weighted by molar-refractivity contribution is -0.131. The van der Waals surface area contributed by atoms with Crippen LogP contribution in [0.15, 0.2) is 0 Å². The summed E-state index contributed by atoms with van der Waals surface area (Å²) in [6, 6.07) is -0.0428. The van der Waals surface area contributed by atoms with Crippen LogP contribution in [0.1, 0.15) is 32.6 Å². The van der Waals surface area contributed by atoms with Gasteiger partial charge in [-0.3, -0.25) is 9.69 Å². The molecule has 0 aromatic heterocycles. The van der Waals surface area contributed by atoms with Crippen LogP contribution in [0.4, 0.5) is 0 Å². The summed E-state index contributed by atoms with van der Waals surface area (Å²) in [6.07, 6.45) is 4.30. The van der Waals surface area contributed by atoms with E-state index in [0.717, 1.165) is 45.8 Å². The number of hydrogen-bond acceptors (Lipinski definition) is 4. The highest BCUT2D eigenvalue weighted by molar-refractivity contribution is 5.76. The summed E-state index contributed by atoms with van der Waals surface area (Å²) in [5.41, 5.74) is 5.70. The van der Waals surface area contributed by atoms with Gasteiger partial charge < -0.3 is 15.4 Å². The molecule has 2 unspecified atom stereocenters. The molecule has 0 aromatic carbocycles. The minimum Gasteiger partial charge on any atom is -0.377 e. The molecule has 2 fully saturated rings. The number of hydrogen-bond donors (Lipinski definition) is 1. The van der Waals surface area contributed by atoms with E-state index in [1.807, 2.05) is 11.8 Å². The Bertz CT molecular complexity index is 290. The predicted octanol–water partition coefficient (Wildman–Crippen LogP) is 0.437. The summed E-state index contributed by atoms with van der Waals surface area (Å²) in [4.78, 5) is 16.4. The second-order valence-electron chi connectivity index (χ2n) is 5.85. The monoisotopic (exact) mass is 269 g/mol. The molecule has 5 heteroatoms. The summed E-state index contributed by atoms with van der Waals surface area (Å²) in [5.74, 6) is 0.203. The Balaban J connectivity index is 1.75. The molecule has 0 saturated carbocycles. The van der Waals surface area contributed by atoms with Gasteiger partial charge >= 0.3 is 0 Å². The van der Waals surface area contributed by atoms with Crippen molar-refractivity contribution in [2.45, 2.75) is 44.8 Å². The third-order valence-electron chi connectivity index (χ3n) is 3.92. The van der Waals surface area contributed by atoms with Crippen molar-refractivity contribution < 1.29 is 9.53 Å². The molecule has 0 aromatic rings. The van der Waals surface area contributed by atoms with Gasteiger partial charge in [0.25, 0.3) is 0 Å². The maximum atomic E-state index is 12.0. The highest BCUT2D eigenvalue weighted by Crippen LogP contribution is 2.14. The molecular weight excluding hydrogens is 242 g/mol. The zero-order valence-corrected chi connectivity index (χ0v) is 12.0. The third kappa shape index (κ3) is 4.75. The fourth-order valence-corrected chi connectivity index (χ4v) is 2.88. The predicted molar refractivity (Wildman–Crippen MR) is 74.9 cm³/mol. The number of ether oxygens (including phenoxy) is 1. The van der Waals surface area contributed by atoms with Crippen molar-refractivity contribution >= 4 is 5.91 Å². The zero-order valence-electron chi connectivity index (χ0n) is 12.0. The standard InChI is InChI=1S/C14H27N3O2/c1-12(15)10-14(18)17-6-3-5-16(7-8-17)11-13-4-2-9-19-13/h12-13H,2-11,15H2,1H3. The fraction of sp³-hybridized carbons (Fsp3) is 0.929. The number of nitrogens with two attached hydrogens (primary N) is 1. The van der Waals surface area contributed by atoms with Gasteiger partial charge in [0.1, 0.15) is 0 Å². The fourth-order valence-electron chi connectivity index (χ4n) is 2.88. The summed E-state index contributed by atoms with van der Waals surface area (Å²) in [7, 11) is 0. The second kappa shape index (κ2) is 7.22. The van der Waals surface area contributed by atoms with Gasteiger partial charge in [-0.25, -0.2) is 0 Å². The van der Waals surface area contributed by atoms with Crippen LogP contribution in [-0.2, 0) is 9.53 Å². The molecule has 1 amide bonds. The third-order valence-corrected chi connectivity index (χ3v) is 3.92. The second-order valence-corrected chi connectivity index (χ2v) is 5.85. The Kier molecular flexibility index (Phi) is 5.60. The molecule has 2 atom stereocenters. The van der Waals surface area contributed by atoms with Crippen molar-refractivity contribution in [2.75, 3.05) is 39.3 Å². The summed E-state index contributed by atoms with van der Waals surface area (Å²) < 4.78 is 5.68. The summed E-state index contributed by atoms with van der Waals surface area (Å²) in [6.45, 7) is 7.56. The number of rotatable bonds is 4. The van der Waals surface area contributed by atoms with Crippen molar-refractivity contribution in [3.8, 4) is 0 Å². The maximum Gasteiger partial charge on any atom is 0.224 e. The van der Waals surface area contributed by atoms with Gasteiger partial charge in [0.15, 0.2) is 0 Å². The van der Waals surface area contributed by atoms with Crippen LogP contribution in [0.2, 0.25) is 0 Å². The van der Waals surface area contributed by atoms with Gasteiger partial charge in [-0.15, -0.1) is 0 Å². The molecule has 0 radical (unpaired) electrons. The molecule has 110 valence electrons. The van der Waals surface area contributed by atoms with Crippen LogP contribution in [0.5, 0.6) is 0 Å². The first-order valence-corrected chi connectivity index (χ1v) is 7.52. The van der Waals surface area contributed by atoms with Gasteiger partial charge in [-0.1, -0.05) is 0 Å². The van der Waals surface area contributed by atoms with E-state index in [1.165, 1.54) is 12.8 Å². The van der Waals surface area contributed by atoms with Gasteiger partial charge in [-0.2, -0.15) is 0 Å². The van der Waals surface area contributed by atoms with Crippen molar-refractivity contribution in [2.24, 2.45) is 5.73 Å². The Morgan fingerprint density at radius 2 is 2.16 bits per heavy atom. The van der Waals surface area contributed by atoms with E-state index >= 15 is 0 Å². The average molecular weight is 269 g/mol. The van der Waals surface area contributed by atoms with E-state index in [-0.39, 0.29) is 11.9 Å². The number of carbonyl (C=O) groups is 1. The minimum absolute atomic E-state index is 0.0428.